The molecule has 0 saturated carbocycles. The lowest BCUT2D eigenvalue weighted by molar-refractivity contribution is -0.113. The minimum atomic E-state index is -2.94. The smallest absolute Gasteiger partial charge is 0.283 e. The number of carbonyl (C=O) groups excluding carboxylic acids is 2. The Hall–Kier alpha value is -1.98. The van der Waals surface area contributed by atoms with E-state index < -0.39 is 21.4 Å². The molecule has 2 aromatic carbocycles. The molecule has 0 radical (unpaired) electrons. The highest BCUT2D eigenvalue weighted by Crippen LogP contribution is 2.13. The van der Waals surface area contributed by atoms with Crippen molar-refractivity contribution < 1.29 is 13.8 Å². The van der Waals surface area contributed by atoms with Crippen LogP contribution >= 0.6 is 11.6 Å². The molecule has 0 fully saturated rings. The first-order valence-corrected chi connectivity index (χ1v) is 8.32. The van der Waals surface area contributed by atoms with Crippen molar-refractivity contribution in [2.45, 2.75) is 4.90 Å². The van der Waals surface area contributed by atoms with E-state index in [0.717, 1.165) is 0 Å². The summed E-state index contributed by atoms with van der Waals surface area (Å²) in [5.41, 5.74) is 0.163. The summed E-state index contributed by atoms with van der Waals surface area (Å²) in [4.78, 5) is 24.2. The summed E-state index contributed by atoms with van der Waals surface area (Å²) in [6, 6.07) is 14.2. The SMILES string of the molecule is CS(=O)(=NC(=O)C(=O)c1ccc(Cl)cc1)c1ccccc1. The lowest BCUT2D eigenvalue weighted by Gasteiger charge is -2.03. The highest BCUT2D eigenvalue weighted by molar-refractivity contribution is 7.93. The standard InChI is InChI=1S/C15H12ClNO3S/c1-21(20,13-5-3-2-4-6-13)17-15(19)14(18)11-7-9-12(16)10-8-11/h2-10H,1H3. The van der Waals surface area contributed by atoms with Gasteiger partial charge in [-0.3, -0.25) is 9.59 Å². The first-order valence-electron chi connectivity index (χ1n) is 6.01. The van der Waals surface area contributed by atoms with Crippen LogP contribution in [0.1, 0.15) is 10.4 Å². The summed E-state index contributed by atoms with van der Waals surface area (Å²) in [5, 5.41) is 0.458. The number of carbonyl (C=O) groups is 2. The zero-order valence-corrected chi connectivity index (χ0v) is 12.7. The fraction of sp³-hybridized carbons (Fsp3) is 0.0667. The van der Waals surface area contributed by atoms with Gasteiger partial charge in [0.25, 0.3) is 5.78 Å². The molecule has 1 amide bonds. The highest BCUT2D eigenvalue weighted by atomic mass is 35.5. The van der Waals surface area contributed by atoms with Crippen LogP contribution in [-0.4, -0.2) is 22.2 Å². The summed E-state index contributed by atoms with van der Waals surface area (Å²) >= 11 is 5.72. The molecule has 108 valence electrons. The normalized spacial score (nSPS) is 13.2. The van der Waals surface area contributed by atoms with Crippen molar-refractivity contribution in [3.63, 3.8) is 0 Å². The minimum absolute atomic E-state index is 0.163. The molecular formula is C15H12ClNO3S. The average Bonchev–Trinajstić information content (AvgIpc) is 2.48. The molecule has 2 rings (SSSR count). The summed E-state index contributed by atoms with van der Waals surface area (Å²) in [6.45, 7) is 0. The zero-order valence-electron chi connectivity index (χ0n) is 11.2. The molecule has 0 saturated heterocycles. The summed E-state index contributed by atoms with van der Waals surface area (Å²) < 4.78 is 16.0. The van der Waals surface area contributed by atoms with Gasteiger partial charge in [-0.05, 0) is 36.4 Å². The lowest BCUT2D eigenvalue weighted by Crippen LogP contribution is -2.14. The number of amides is 1. The van der Waals surface area contributed by atoms with Gasteiger partial charge in [-0.2, -0.15) is 4.36 Å². The number of ketones is 1. The van der Waals surface area contributed by atoms with E-state index in [1.807, 2.05) is 0 Å². The molecule has 2 aromatic rings. The van der Waals surface area contributed by atoms with Crippen LogP contribution in [0.4, 0.5) is 0 Å². The van der Waals surface area contributed by atoms with E-state index in [1.165, 1.54) is 30.5 Å². The van der Waals surface area contributed by atoms with Crippen LogP contribution in [0.15, 0.2) is 63.9 Å². The Morgan fingerprint density at radius 2 is 1.57 bits per heavy atom. The molecule has 0 aromatic heterocycles. The van der Waals surface area contributed by atoms with Crippen molar-refractivity contribution in [2.75, 3.05) is 6.26 Å². The Morgan fingerprint density at radius 3 is 2.14 bits per heavy atom. The van der Waals surface area contributed by atoms with Gasteiger partial charge in [-0.15, -0.1) is 0 Å². The maximum Gasteiger partial charge on any atom is 0.326 e. The van der Waals surface area contributed by atoms with Gasteiger partial charge < -0.3 is 0 Å². The van der Waals surface area contributed by atoms with E-state index in [0.29, 0.717) is 9.92 Å². The maximum atomic E-state index is 12.4. The van der Waals surface area contributed by atoms with Crippen LogP contribution in [0.3, 0.4) is 0 Å². The molecule has 0 aliphatic rings. The molecular weight excluding hydrogens is 310 g/mol. The molecule has 0 aliphatic carbocycles. The highest BCUT2D eigenvalue weighted by Gasteiger charge is 2.18. The topological polar surface area (TPSA) is 63.6 Å². The Morgan fingerprint density at radius 1 is 1.00 bits per heavy atom. The second-order valence-electron chi connectivity index (χ2n) is 4.35. The number of rotatable bonds is 3. The molecule has 0 aliphatic heterocycles. The summed E-state index contributed by atoms with van der Waals surface area (Å²) in [5.74, 6) is -1.84. The first-order chi connectivity index (χ1) is 9.90. The van der Waals surface area contributed by atoms with Gasteiger partial charge >= 0.3 is 5.91 Å². The third kappa shape index (κ3) is 3.77. The second-order valence-corrected chi connectivity index (χ2v) is 7.04. The van der Waals surface area contributed by atoms with E-state index in [9.17, 15) is 13.8 Å². The van der Waals surface area contributed by atoms with Crippen LogP contribution in [0.5, 0.6) is 0 Å². The van der Waals surface area contributed by atoms with Crippen molar-refractivity contribution in [3.05, 3.63) is 65.2 Å². The third-order valence-electron chi connectivity index (χ3n) is 2.74. The fourth-order valence-corrected chi connectivity index (χ4v) is 2.94. The number of Topliss-reactive ketones (excluding diaryl/α,β-unsaturated/α-hetero) is 1. The number of hydrogen-bond donors (Lipinski definition) is 0. The van der Waals surface area contributed by atoms with Crippen molar-refractivity contribution in [2.24, 2.45) is 4.36 Å². The quantitative estimate of drug-likeness (QED) is 0.644. The van der Waals surface area contributed by atoms with E-state index >= 15 is 0 Å². The second kappa shape index (κ2) is 6.20. The Bertz CT molecular complexity index is 791. The van der Waals surface area contributed by atoms with Crippen LogP contribution in [-0.2, 0) is 14.5 Å². The number of hydrogen-bond acceptors (Lipinski definition) is 3. The summed E-state index contributed by atoms with van der Waals surface area (Å²) in [6.07, 6.45) is 1.33. The van der Waals surface area contributed by atoms with E-state index in [-0.39, 0.29) is 5.56 Å². The van der Waals surface area contributed by atoms with Crippen LogP contribution in [0, 0.1) is 0 Å². The van der Waals surface area contributed by atoms with Crippen molar-refractivity contribution in [1.29, 1.82) is 0 Å². The molecule has 6 heteroatoms. The largest absolute Gasteiger partial charge is 0.326 e. The third-order valence-corrected chi connectivity index (χ3v) is 4.65. The van der Waals surface area contributed by atoms with Gasteiger partial charge in [0.15, 0.2) is 0 Å². The Balaban J connectivity index is 2.32. The van der Waals surface area contributed by atoms with E-state index in [4.69, 9.17) is 11.6 Å². The average molecular weight is 322 g/mol. The predicted octanol–water partition coefficient (Wildman–Crippen LogP) is 3.21. The van der Waals surface area contributed by atoms with E-state index in [1.54, 1.807) is 30.3 Å². The van der Waals surface area contributed by atoms with Crippen molar-refractivity contribution in [1.82, 2.24) is 0 Å². The molecule has 0 spiro atoms. The lowest BCUT2D eigenvalue weighted by atomic mass is 10.1. The number of benzene rings is 2. The van der Waals surface area contributed by atoms with Gasteiger partial charge in [-0.1, -0.05) is 29.8 Å². The molecule has 0 bridgehead atoms. The molecule has 1 unspecified atom stereocenters. The van der Waals surface area contributed by atoms with Crippen LogP contribution in [0.25, 0.3) is 0 Å². The first kappa shape index (κ1) is 15.4. The zero-order chi connectivity index (χ0) is 15.5. The van der Waals surface area contributed by atoms with Crippen molar-refractivity contribution in [3.8, 4) is 0 Å². The van der Waals surface area contributed by atoms with Crippen LogP contribution < -0.4 is 0 Å². The molecule has 4 nitrogen and oxygen atoms in total. The fourth-order valence-electron chi connectivity index (χ4n) is 1.65. The van der Waals surface area contributed by atoms with Crippen LogP contribution in [0.2, 0.25) is 5.02 Å². The molecule has 1 atom stereocenters. The monoisotopic (exact) mass is 321 g/mol. The maximum absolute atomic E-state index is 12.4. The Labute approximate surface area is 127 Å². The van der Waals surface area contributed by atoms with Gasteiger partial charge in [0.1, 0.15) is 0 Å². The summed E-state index contributed by atoms with van der Waals surface area (Å²) in [7, 11) is -2.94. The van der Waals surface area contributed by atoms with E-state index in [2.05, 4.69) is 4.36 Å². The number of nitrogens with zero attached hydrogens (tertiary/aromatic N) is 1. The minimum Gasteiger partial charge on any atom is -0.283 e. The molecule has 0 N–H and O–H groups in total. The van der Waals surface area contributed by atoms with Gasteiger partial charge in [0.05, 0.1) is 9.73 Å². The molecule has 0 heterocycles. The number of halogens is 1. The van der Waals surface area contributed by atoms with Gasteiger partial charge in [0, 0.05) is 21.7 Å². The molecule has 21 heavy (non-hydrogen) atoms. The van der Waals surface area contributed by atoms with Gasteiger partial charge in [-0.25, -0.2) is 4.21 Å². The van der Waals surface area contributed by atoms with Crippen molar-refractivity contribution >= 4 is 33.0 Å². The Kier molecular flexibility index (Phi) is 4.55. The predicted molar refractivity (Wildman–Crippen MR) is 82.0 cm³/mol. The van der Waals surface area contributed by atoms with Gasteiger partial charge in [0.2, 0.25) is 0 Å².